The van der Waals surface area contributed by atoms with Gasteiger partial charge in [-0.2, -0.15) is 0 Å². The van der Waals surface area contributed by atoms with Gasteiger partial charge in [0.15, 0.2) is 0 Å². The van der Waals surface area contributed by atoms with Crippen molar-refractivity contribution in [3.8, 4) is 0 Å². The van der Waals surface area contributed by atoms with Crippen molar-refractivity contribution in [1.82, 2.24) is 10.2 Å². The maximum Gasteiger partial charge on any atom is 0.0900 e. The Kier molecular flexibility index (Phi) is 6.89. The molecule has 0 radical (unpaired) electrons. The Balaban J connectivity index is 1.71. The van der Waals surface area contributed by atoms with Crippen molar-refractivity contribution in [3.63, 3.8) is 0 Å². The van der Waals surface area contributed by atoms with E-state index in [9.17, 15) is 5.11 Å². The molecule has 2 fully saturated rings. The number of nitrogens with one attached hydrogen (secondary N) is 1. The van der Waals surface area contributed by atoms with Gasteiger partial charge >= 0.3 is 0 Å². The van der Waals surface area contributed by atoms with E-state index in [1.807, 2.05) is 6.92 Å². The number of piperidine rings is 2. The summed E-state index contributed by atoms with van der Waals surface area (Å²) in [6.45, 7) is 8.19. The van der Waals surface area contributed by atoms with Crippen molar-refractivity contribution in [2.45, 2.75) is 44.8 Å². The van der Waals surface area contributed by atoms with Gasteiger partial charge in [-0.15, -0.1) is 0 Å². The van der Waals surface area contributed by atoms with Gasteiger partial charge in [-0.1, -0.05) is 0 Å². The van der Waals surface area contributed by atoms with Crippen LogP contribution in [0.5, 0.6) is 0 Å². The molecule has 21 heavy (non-hydrogen) atoms. The number of ether oxygens (including phenoxy) is 2. The van der Waals surface area contributed by atoms with Crippen LogP contribution in [-0.4, -0.2) is 75.3 Å². The van der Waals surface area contributed by atoms with E-state index < -0.39 is 6.10 Å². The second-order valence-electron chi connectivity index (χ2n) is 6.87. The number of hydrogen-bond acceptors (Lipinski definition) is 5. The highest BCUT2D eigenvalue weighted by molar-refractivity contribution is 4.91. The molecule has 0 aromatic heterocycles. The van der Waals surface area contributed by atoms with Gasteiger partial charge < -0.3 is 24.8 Å². The lowest BCUT2D eigenvalue weighted by Crippen LogP contribution is -2.52. The van der Waals surface area contributed by atoms with Crippen LogP contribution in [0, 0.1) is 5.41 Å². The van der Waals surface area contributed by atoms with Crippen LogP contribution < -0.4 is 5.32 Å². The van der Waals surface area contributed by atoms with Gasteiger partial charge in [0.2, 0.25) is 0 Å². The number of likely N-dealkylation sites (tertiary alicyclic amines) is 1. The van der Waals surface area contributed by atoms with Crippen LogP contribution >= 0.6 is 0 Å². The third kappa shape index (κ3) is 5.49. The highest BCUT2D eigenvalue weighted by Crippen LogP contribution is 2.35. The number of aliphatic hydroxyl groups is 1. The SMILES string of the molecule is COCC(C)OCC(O)CN1CCCC2(CCCNC2)C1. The Morgan fingerprint density at radius 1 is 1.29 bits per heavy atom. The fraction of sp³-hybridized carbons (Fsp3) is 1.00. The van der Waals surface area contributed by atoms with Gasteiger partial charge in [0.25, 0.3) is 0 Å². The maximum absolute atomic E-state index is 10.2. The zero-order valence-corrected chi connectivity index (χ0v) is 13.6. The second kappa shape index (κ2) is 8.44. The first-order chi connectivity index (χ1) is 10.1. The highest BCUT2D eigenvalue weighted by atomic mass is 16.5. The van der Waals surface area contributed by atoms with Crippen molar-refractivity contribution in [2.75, 3.05) is 53.0 Å². The minimum Gasteiger partial charge on any atom is -0.389 e. The summed E-state index contributed by atoms with van der Waals surface area (Å²) in [4.78, 5) is 2.42. The van der Waals surface area contributed by atoms with Crippen LogP contribution in [0.15, 0.2) is 0 Å². The Labute approximate surface area is 129 Å². The smallest absolute Gasteiger partial charge is 0.0900 e. The molecule has 2 N–H and O–H groups in total. The minimum absolute atomic E-state index is 0.0416. The highest BCUT2D eigenvalue weighted by Gasteiger charge is 2.36. The van der Waals surface area contributed by atoms with Crippen molar-refractivity contribution >= 4 is 0 Å². The lowest BCUT2D eigenvalue weighted by atomic mass is 9.74. The molecule has 2 heterocycles. The van der Waals surface area contributed by atoms with Gasteiger partial charge in [-0.25, -0.2) is 0 Å². The molecule has 5 nitrogen and oxygen atoms in total. The van der Waals surface area contributed by atoms with E-state index in [1.54, 1.807) is 7.11 Å². The Hall–Kier alpha value is -0.200. The topological polar surface area (TPSA) is 54.0 Å². The summed E-state index contributed by atoms with van der Waals surface area (Å²) >= 11 is 0. The normalized spacial score (nSPS) is 30.4. The first-order valence-electron chi connectivity index (χ1n) is 8.35. The lowest BCUT2D eigenvalue weighted by Gasteiger charge is -2.46. The molecule has 3 atom stereocenters. The van der Waals surface area contributed by atoms with E-state index >= 15 is 0 Å². The molecule has 3 unspecified atom stereocenters. The van der Waals surface area contributed by atoms with Gasteiger partial charge in [0.1, 0.15) is 0 Å². The quantitative estimate of drug-likeness (QED) is 0.730. The predicted molar refractivity (Wildman–Crippen MR) is 83.5 cm³/mol. The average Bonchev–Trinajstić information content (AvgIpc) is 2.46. The average molecular weight is 300 g/mol. The lowest BCUT2D eigenvalue weighted by molar-refractivity contribution is -0.0474. The molecule has 2 aliphatic rings. The molecular weight excluding hydrogens is 268 g/mol. The number of methoxy groups -OCH3 is 1. The van der Waals surface area contributed by atoms with Crippen molar-refractivity contribution < 1.29 is 14.6 Å². The summed E-state index contributed by atoms with van der Waals surface area (Å²) < 4.78 is 10.6. The third-order valence-corrected chi connectivity index (χ3v) is 4.74. The second-order valence-corrected chi connectivity index (χ2v) is 6.87. The van der Waals surface area contributed by atoms with Crippen LogP contribution in [0.4, 0.5) is 0 Å². The molecule has 0 aliphatic carbocycles. The number of β-amino-alcohol motifs (C(OH)–C–C–N with tert-alkyl or cyclic N) is 1. The third-order valence-electron chi connectivity index (χ3n) is 4.74. The van der Waals surface area contributed by atoms with Gasteiger partial charge in [0, 0.05) is 26.7 Å². The zero-order valence-electron chi connectivity index (χ0n) is 13.6. The van der Waals surface area contributed by atoms with E-state index in [0.717, 1.165) is 32.7 Å². The standard InChI is InChI=1S/C16H32N2O3/c1-14(10-20-2)21-11-15(19)9-18-8-4-6-16(13-18)5-3-7-17-12-16/h14-15,17,19H,3-13H2,1-2H3. The van der Waals surface area contributed by atoms with Crippen LogP contribution in [-0.2, 0) is 9.47 Å². The van der Waals surface area contributed by atoms with E-state index in [2.05, 4.69) is 10.2 Å². The zero-order chi connectivity index (χ0) is 15.1. The molecule has 0 amide bonds. The fourth-order valence-corrected chi connectivity index (χ4v) is 3.75. The monoisotopic (exact) mass is 300 g/mol. The molecule has 2 aliphatic heterocycles. The first kappa shape index (κ1) is 17.2. The number of aliphatic hydroxyl groups excluding tert-OH is 1. The predicted octanol–water partition coefficient (Wildman–Crippen LogP) is 0.864. The first-order valence-corrected chi connectivity index (χ1v) is 8.35. The molecule has 2 rings (SSSR count). The molecule has 0 aromatic carbocycles. The van der Waals surface area contributed by atoms with Gasteiger partial charge in [-0.3, -0.25) is 0 Å². The summed E-state index contributed by atoms with van der Waals surface area (Å²) in [7, 11) is 1.67. The van der Waals surface area contributed by atoms with Crippen LogP contribution in [0.3, 0.4) is 0 Å². The van der Waals surface area contributed by atoms with Crippen LogP contribution in [0.25, 0.3) is 0 Å². The molecule has 0 aromatic rings. The number of nitrogens with zero attached hydrogens (tertiary/aromatic N) is 1. The van der Waals surface area contributed by atoms with Gasteiger partial charge in [0.05, 0.1) is 25.4 Å². The Morgan fingerprint density at radius 3 is 2.81 bits per heavy atom. The largest absolute Gasteiger partial charge is 0.389 e. The van der Waals surface area contributed by atoms with E-state index in [-0.39, 0.29) is 6.10 Å². The molecule has 0 bridgehead atoms. The van der Waals surface area contributed by atoms with E-state index in [4.69, 9.17) is 9.47 Å². The fourth-order valence-electron chi connectivity index (χ4n) is 3.75. The summed E-state index contributed by atoms with van der Waals surface area (Å²) in [6, 6.07) is 0. The summed E-state index contributed by atoms with van der Waals surface area (Å²) in [5.74, 6) is 0. The van der Waals surface area contributed by atoms with Crippen molar-refractivity contribution in [1.29, 1.82) is 0 Å². The number of hydrogen-bond donors (Lipinski definition) is 2. The summed E-state index contributed by atoms with van der Waals surface area (Å²) in [6.07, 6.45) is 4.82. The van der Waals surface area contributed by atoms with E-state index in [1.165, 1.54) is 25.7 Å². The number of rotatable bonds is 7. The molecule has 5 heteroatoms. The van der Waals surface area contributed by atoms with Crippen LogP contribution in [0.1, 0.15) is 32.6 Å². The molecule has 0 saturated carbocycles. The minimum atomic E-state index is -0.406. The van der Waals surface area contributed by atoms with Crippen LogP contribution in [0.2, 0.25) is 0 Å². The molecule has 124 valence electrons. The van der Waals surface area contributed by atoms with Gasteiger partial charge in [-0.05, 0) is 51.1 Å². The van der Waals surface area contributed by atoms with Crippen molar-refractivity contribution in [2.24, 2.45) is 5.41 Å². The summed E-state index contributed by atoms with van der Waals surface area (Å²) in [5.41, 5.74) is 0.445. The summed E-state index contributed by atoms with van der Waals surface area (Å²) in [5, 5.41) is 13.7. The molecule has 1 spiro atoms. The molecule has 2 saturated heterocycles. The Bertz CT molecular complexity index is 290. The van der Waals surface area contributed by atoms with Crippen molar-refractivity contribution in [3.05, 3.63) is 0 Å². The maximum atomic E-state index is 10.2. The molecular formula is C16H32N2O3. The van der Waals surface area contributed by atoms with E-state index in [0.29, 0.717) is 18.6 Å². The Morgan fingerprint density at radius 2 is 2.10 bits per heavy atom.